The predicted molar refractivity (Wildman–Crippen MR) is 177 cm³/mol. The number of hydrogen-bond acceptors (Lipinski definition) is 3. The van der Waals surface area contributed by atoms with Gasteiger partial charge in [-0.3, -0.25) is 0 Å². The zero-order valence-electron chi connectivity index (χ0n) is 22.9. The van der Waals surface area contributed by atoms with Gasteiger partial charge in [0.15, 0.2) is 0 Å². The number of furan rings is 3. The topological polar surface area (TPSA) is 39.4 Å². The molecule has 43 heavy (non-hydrogen) atoms. The molecule has 0 atom stereocenters. The summed E-state index contributed by atoms with van der Waals surface area (Å²) >= 11 is 0. The van der Waals surface area contributed by atoms with E-state index in [0.29, 0.717) is 0 Å². The third kappa shape index (κ3) is 3.19. The van der Waals surface area contributed by atoms with Crippen LogP contribution < -0.4 is 0 Å². The van der Waals surface area contributed by atoms with Gasteiger partial charge in [-0.05, 0) is 86.3 Å². The highest BCUT2D eigenvalue weighted by molar-refractivity contribution is 6.23. The number of fused-ring (bicyclic) bond motifs is 9. The fraction of sp³-hybridized carbons (Fsp3) is 0. The van der Waals surface area contributed by atoms with Gasteiger partial charge in [0.25, 0.3) is 0 Å². The van der Waals surface area contributed by atoms with E-state index in [1.165, 1.54) is 38.2 Å². The van der Waals surface area contributed by atoms with Crippen molar-refractivity contribution in [1.82, 2.24) is 0 Å². The number of benzene rings is 7. The van der Waals surface area contributed by atoms with Gasteiger partial charge in [-0.15, -0.1) is 0 Å². The van der Waals surface area contributed by atoms with Gasteiger partial charge in [0.05, 0.1) is 6.26 Å². The Morgan fingerprint density at radius 2 is 0.860 bits per heavy atom. The Bertz CT molecular complexity index is 2680. The summed E-state index contributed by atoms with van der Waals surface area (Å²) in [5.41, 5.74) is 9.10. The molecule has 0 N–H and O–H groups in total. The van der Waals surface area contributed by atoms with E-state index in [2.05, 4.69) is 103 Å². The number of para-hydroxylation sites is 1. The van der Waals surface area contributed by atoms with Crippen molar-refractivity contribution in [2.75, 3.05) is 0 Å². The maximum Gasteiger partial charge on any atom is 0.139 e. The van der Waals surface area contributed by atoms with Crippen molar-refractivity contribution in [1.29, 1.82) is 0 Å². The van der Waals surface area contributed by atoms with Crippen LogP contribution in [0.3, 0.4) is 0 Å². The van der Waals surface area contributed by atoms with E-state index in [0.717, 1.165) is 60.4 Å². The van der Waals surface area contributed by atoms with E-state index in [1.807, 2.05) is 24.3 Å². The molecule has 0 bridgehead atoms. The molecule has 0 unspecified atom stereocenters. The second kappa shape index (κ2) is 8.37. The average Bonchev–Trinajstić information content (AvgIpc) is 3.76. The summed E-state index contributed by atoms with van der Waals surface area (Å²) in [6.07, 6.45) is 1.72. The molecule has 0 aliphatic carbocycles. The molecule has 0 aliphatic rings. The fourth-order valence-electron chi connectivity index (χ4n) is 7.02. The first kappa shape index (κ1) is 22.8. The van der Waals surface area contributed by atoms with Crippen LogP contribution in [0.5, 0.6) is 0 Å². The van der Waals surface area contributed by atoms with Crippen LogP contribution in [-0.4, -0.2) is 0 Å². The minimum absolute atomic E-state index is 0.834. The molecule has 0 fully saturated rings. The maximum atomic E-state index is 6.41. The highest BCUT2D eigenvalue weighted by Gasteiger charge is 2.19. The van der Waals surface area contributed by atoms with Gasteiger partial charge in [0.2, 0.25) is 0 Å². The van der Waals surface area contributed by atoms with Crippen LogP contribution in [0, 0.1) is 0 Å². The van der Waals surface area contributed by atoms with Gasteiger partial charge >= 0.3 is 0 Å². The van der Waals surface area contributed by atoms with Crippen LogP contribution >= 0.6 is 0 Å². The van der Waals surface area contributed by atoms with Gasteiger partial charge in [-0.25, -0.2) is 0 Å². The second-order valence-electron chi connectivity index (χ2n) is 11.3. The Morgan fingerprint density at radius 3 is 1.60 bits per heavy atom. The third-order valence-electron chi connectivity index (χ3n) is 8.93. The Labute approximate surface area is 245 Å². The smallest absolute Gasteiger partial charge is 0.139 e. The van der Waals surface area contributed by atoms with Crippen molar-refractivity contribution in [3.8, 4) is 22.3 Å². The lowest BCUT2D eigenvalue weighted by Gasteiger charge is -2.17. The summed E-state index contributed by atoms with van der Waals surface area (Å²) < 4.78 is 18.2. The van der Waals surface area contributed by atoms with E-state index < -0.39 is 0 Å². The highest BCUT2D eigenvalue weighted by Crippen LogP contribution is 2.45. The van der Waals surface area contributed by atoms with E-state index in [-0.39, 0.29) is 0 Å². The quantitative estimate of drug-likeness (QED) is 0.201. The number of rotatable bonds is 2. The molecule has 7 aromatic carbocycles. The van der Waals surface area contributed by atoms with Crippen LogP contribution in [0.2, 0.25) is 0 Å². The minimum atomic E-state index is 0.834. The molecular weight excluding hydrogens is 528 g/mol. The molecule has 3 aromatic heterocycles. The van der Waals surface area contributed by atoms with Crippen molar-refractivity contribution in [2.24, 2.45) is 0 Å². The molecule has 10 aromatic rings. The zero-order chi connectivity index (χ0) is 28.1. The zero-order valence-corrected chi connectivity index (χ0v) is 22.9. The highest BCUT2D eigenvalue weighted by atomic mass is 16.3. The van der Waals surface area contributed by atoms with E-state index in [9.17, 15) is 0 Å². The molecular formula is C40H22O3. The normalized spacial score (nSPS) is 12.2. The summed E-state index contributed by atoms with van der Waals surface area (Å²) in [7, 11) is 0. The summed E-state index contributed by atoms with van der Waals surface area (Å²) in [6.45, 7) is 0. The molecule has 0 saturated carbocycles. The van der Waals surface area contributed by atoms with Crippen molar-refractivity contribution in [3.63, 3.8) is 0 Å². The lowest BCUT2D eigenvalue weighted by Crippen LogP contribution is -1.90. The molecule has 3 heteroatoms. The van der Waals surface area contributed by atoms with E-state index in [1.54, 1.807) is 6.26 Å². The molecule has 0 amide bonds. The van der Waals surface area contributed by atoms with Gasteiger partial charge in [-0.2, -0.15) is 0 Å². The molecule has 0 radical (unpaired) electrons. The van der Waals surface area contributed by atoms with Crippen molar-refractivity contribution in [2.45, 2.75) is 0 Å². The largest absolute Gasteiger partial charge is 0.464 e. The van der Waals surface area contributed by atoms with E-state index in [4.69, 9.17) is 13.3 Å². The molecule has 0 saturated heterocycles. The van der Waals surface area contributed by atoms with Crippen LogP contribution in [0.15, 0.2) is 147 Å². The summed E-state index contributed by atoms with van der Waals surface area (Å²) in [6, 6.07) is 45.1. The molecule has 10 rings (SSSR count). The third-order valence-corrected chi connectivity index (χ3v) is 8.93. The first-order valence-electron chi connectivity index (χ1n) is 14.5. The lowest BCUT2D eigenvalue weighted by molar-refractivity contribution is 0.613. The number of hydrogen-bond donors (Lipinski definition) is 0. The molecule has 0 spiro atoms. The summed E-state index contributed by atoms with van der Waals surface area (Å²) in [5, 5.41) is 10.4. The van der Waals surface area contributed by atoms with Crippen LogP contribution in [-0.2, 0) is 0 Å². The van der Waals surface area contributed by atoms with Crippen molar-refractivity contribution < 1.29 is 13.3 Å². The fourth-order valence-corrected chi connectivity index (χ4v) is 7.02. The van der Waals surface area contributed by atoms with Crippen LogP contribution in [0.25, 0.3) is 98.6 Å². The van der Waals surface area contributed by atoms with E-state index >= 15 is 0 Å². The lowest BCUT2D eigenvalue weighted by atomic mass is 9.85. The van der Waals surface area contributed by atoms with Crippen molar-refractivity contribution in [3.05, 3.63) is 134 Å². The van der Waals surface area contributed by atoms with Crippen molar-refractivity contribution >= 4 is 76.4 Å². The first-order chi connectivity index (χ1) is 21.3. The Kier molecular flexibility index (Phi) is 4.45. The molecule has 3 heterocycles. The average molecular weight is 551 g/mol. The molecule has 0 aliphatic heterocycles. The standard InChI is InChI=1S/C40H22O3/c1-3-10-30-28(8-1)39(24-14-16-35-32(20-24)26-7-5-6-12-34(26)42-35)29-9-2-4-11-31(29)40(30)25-13-15-27-33-19-23-17-18-41-36(23)22-38(33)43-37(27)21-25/h1-22H. The van der Waals surface area contributed by atoms with Crippen LogP contribution in [0.4, 0.5) is 0 Å². The Balaban J connectivity index is 1.26. The molecule has 200 valence electrons. The predicted octanol–water partition coefficient (Wildman–Crippen LogP) is 11.9. The first-order valence-corrected chi connectivity index (χ1v) is 14.5. The van der Waals surface area contributed by atoms with Gasteiger partial charge in [0.1, 0.15) is 27.9 Å². The van der Waals surface area contributed by atoms with Gasteiger partial charge in [0, 0.05) is 33.0 Å². The minimum Gasteiger partial charge on any atom is -0.464 e. The SMILES string of the molecule is c1ccc2c(c1)oc1ccc(-c3c4ccccc4c(-c4ccc5c(c4)oc4cc6occc6cc45)c4ccccc34)cc12. The summed E-state index contributed by atoms with van der Waals surface area (Å²) in [5.74, 6) is 0. The monoisotopic (exact) mass is 550 g/mol. The maximum absolute atomic E-state index is 6.41. The second-order valence-corrected chi connectivity index (χ2v) is 11.3. The van der Waals surface area contributed by atoms with Gasteiger partial charge in [-0.1, -0.05) is 78.9 Å². The summed E-state index contributed by atoms with van der Waals surface area (Å²) in [4.78, 5) is 0. The molecule has 3 nitrogen and oxygen atoms in total. The van der Waals surface area contributed by atoms with Gasteiger partial charge < -0.3 is 13.3 Å². The van der Waals surface area contributed by atoms with Crippen LogP contribution in [0.1, 0.15) is 0 Å². The Morgan fingerprint density at radius 1 is 0.326 bits per heavy atom. The Hall–Kier alpha value is -5.80.